The molecular formula is C19H32N2O. The highest BCUT2D eigenvalue weighted by molar-refractivity contribution is 5.96. The highest BCUT2D eigenvalue weighted by Crippen LogP contribution is 2.27. The Bertz CT molecular complexity index is 458. The quantitative estimate of drug-likeness (QED) is 0.724. The minimum Gasteiger partial charge on any atom is -0.312 e. The predicted molar refractivity (Wildman–Crippen MR) is 95.5 cm³/mol. The van der Waals surface area contributed by atoms with Crippen LogP contribution in [0.4, 0.5) is 5.69 Å². The number of amides is 1. The summed E-state index contributed by atoms with van der Waals surface area (Å²) in [6.07, 6.45) is 2.81. The van der Waals surface area contributed by atoms with Crippen LogP contribution in [0.1, 0.15) is 44.2 Å². The number of para-hydroxylation sites is 1. The Kier molecular flexibility index (Phi) is 7.60. The van der Waals surface area contributed by atoms with E-state index in [1.54, 1.807) is 0 Å². The standard InChI is InChI=1S/C19H32N2O/c1-7-17(8-2)19(22)21(14-10-13-20(5)6)18-15(3)11-9-12-16(18)4/h9,11-12,17H,7-8,10,13-14H2,1-6H3. The van der Waals surface area contributed by atoms with E-state index in [1.807, 2.05) is 4.90 Å². The summed E-state index contributed by atoms with van der Waals surface area (Å²) in [6.45, 7) is 10.2. The first-order valence-corrected chi connectivity index (χ1v) is 8.44. The molecule has 0 spiro atoms. The Labute approximate surface area is 136 Å². The highest BCUT2D eigenvalue weighted by Gasteiger charge is 2.24. The number of carbonyl (C=O) groups is 1. The van der Waals surface area contributed by atoms with Crippen LogP contribution in [0, 0.1) is 19.8 Å². The van der Waals surface area contributed by atoms with Crippen molar-refractivity contribution in [2.45, 2.75) is 47.0 Å². The topological polar surface area (TPSA) is 23.6 Å². The summed E-state index contributed by atoms with van der Waals surface area (Å²) >= 11 is 0. The van der Waals surface area contributed by atoms with Gasteiger partial charge in [-0.05, 0) is 64.9 Å². The molecule has 0 fully saturated rings. The van der Waals surface area contributed by atoms with Gasteiger partial charge >= 0.3 is 0 Å². The Balaban J connectivity index is 3.07. The van der Waals surface area contributed by atoms with Crippen LogP contribution in [-0.2, 0) is 4.79 Å². The lowest BCUT2D eigenvalue weighted by molar-refractivity contribution is -0.122. The molecule has 0 heterocycles. The second-order valence-electron chi connectivity index (χ2n) is 6.40. The van der Waals surface area contributed by atoms with E-state index in [0.29, 0.717) is 0 Å². The molecule has 0 N–H and O–H groups in total. The molecule has 3 nitrogen and oxygen atoms in total. The number of aryl methyl sites for hydroxylation is 2. The smallest absolute Gasteiger partial charge is 0.230 e. The number of carbonyl (C=O) groups excluding carboxylic acids is 1. The minimum atomic E-state index is 0.123. The summed E-state index contributed by atoms with van der Waals surface area (Å²) in [5, 5.41) is 0. The third kappa shape index (κ3) is 4.84. The van der Waals surface area contributed by atoms with Gasteiger partial charge in [-0.1, -0.05) is 32.0 Å². The Morgan fingerprint density at radius 2 is 1.59 bits per heavy atom. The van der Waals surface area contributed by atoms with Gasteiger partial charge in [-0.25, -0.2) is 0 Å². The second-order valence-corrected chi connectivity index (χ2v) is 6.40. The van der Waals surface area contributed by atoms with Gasteiger partial charge in [-0.3, -0.25) is 4.79 Å². The lowest BCUT2D eigenvalue weighted by atomic mass is 9.99. The molecule has 22 heavy (non-hydrogen) atoms. The lowest BCUT2D eigenvalue weighted by Gasteiger charge is -2.30. The molecule has 1 aromatic carbocycles. The molecule has 3 heteroatoms. The van der Waals surface area contributed by atoms with Gasteiger partial charge in [0.25, 0.3) is 0 Å². The van der Waals surface area contributed by atoms with Gasteiger partial charge in [0.05, 0.1) is 0 Å². The van der Waals surface area contributed by atoms with E-state index in [-0.39, 0.29) is 11.8 Å². The van der Waals surface area contributed by atoms with Crippen LogP contribution >= 0.6 is 0 Å². The predicted octanol–water partition coefficient (Wildman–Crippen LogP) is 4.02. The van der Waals surface area contributed by atoms with Crippen molar-refractivity contribution in [3.63, 3.8) is 0 Å². The van der Waals surface area contributed by atoms with Gasteiger partial charge in [-0.2, -0.15) is 0 Å². The molecular weight excluding hydrogens is 272 g/mol. The minimum absolute atomic E-state index is 0.123. The van der Waals surface area contributed by atoms with Crippen molar-refractivity contribution < 1.29 is 4.79 Å². The summed E-state index contributed by atoms with van der Waals surface area (Å²) in [7, 11) is 4.15. The van der Waals surface area contributed by atoms with Crippen LogP contribution in [-0.4, -0.2) is 38.0 Å². The molecule has 1 amide bonds. The van der Waals surface area contributed by atoms with Crippen LogP contribution in [0.15, 0.2) is 18.2 Å². The summed E-state index contributed by atoms with van der Waals surface area (Å²) in [4.78, 5) is 17.2. The zero-order valence-corrected chi connectivity index (χ0v) is 15.1. The average Bonchev–Trinajstić information content (AvgIpc) is 2.46. The first-order chi connectivity index (χ1) is 10.4. The Morgan fingerprint density at radius 1 is 1.05 bits per heavy atom. The monoisotopic (exact) mass is 304 g/mol. The van der Waals surface area contributed by atoms with E-state index in [2.05, 4.69) is 64.9 Å². The second kappa shape index (κ2) is 8.94. The zero-order valence-electron chi connectivity index (χ0n) is 15.1. The first-order valence-electron chi connectivity index (χ1n) is 8.44. The molecule has 0 unspecified atom stereocenters. The van der Waals surface area contributed by atoms with Crippen molar-refractivity contribution in [2.75, 3.05) is 32.1 Å². The van der Waals surface area contributed by atoms with Crippen molar-refractivity contribution in [3.05, 3.63) is 29.3 Å². The fraction of sp³-hybridized carbons (Fsp3) is 0.632. The lowest BCUT2D eigenvalue weighted by Crippen LogP contribution is -2.38. The van der Waals surface area contributed by atoms with Crippen LogP contribution in [0.3, 0.4) is 0 Å². The van der Waals surface area contributed by atoms with Gasteiger partial charge in [0.15, 0.2) is 0 Å². The molecule has 0 aromatic heterocycles. The van der Waals surface area contributed by atoms with Crippen LogP contribution in [0.5, 0.6) is 0 Å². The maximum Gasteiger partial charge on any atom is 0.230 e. The number of anilines is 1. The van der Waals surface area contributed by atoms with E-state index in [1.165, 1.54) is 11.1 Å². The summed E-state index contributed by atoms with van der Waals surface area (Å²) in [5.41, 5.74) is 3.48. The number of rotatable bonds is 8. The van der Waals surface area contributed by atoms with E-state index >= 15 is 0 Å². The maximum atomic E-state index is 13.0. The van der Waals surface area contributed by atoms with Crippen molar-refractivity contribution in [2.24, 2.45) is 5.92 Å². The molecule has 0 radical (unpaired) electrons. The third-order valence-electron chi connectivity index (χ3n) is 4.30. The molecule has 0 aliphatic rings. The molecule has 0 aliphatic heterocycles. The molecule has 124 valence electrons. The van der Waals surface area contributed by atoms with Gasteiger partial charge in [0.1, 0.15) is 0 Å². The fourth-order valence-electron chi connectivity index (χ4n) is 2.97. The number of hydrogen-bond acceptors (Lipinski definition) is 2. The third-order valence-corrected chi connectivity index (χ3v) is 4.30. The van der Waals surface area contributed by atoms with E-state index < -0.39 is 0 Å². The average molecular weight is 304 g/mol. The van der Waals surface area contributed by atoms with E-state index in [4.69, 9.17) is 0 Å². The van der Waals surface area contributed by atoms with Gasteiger partial charge in [-0.15, -0.1) is 0 Å². The van der Waals surface area contributed by atoms with Crippen LogP contribution in [0.25, 0.3) is 0 Å². The number of nitrogens with zero attached hydrogens (tertiary/aromatic N) is 2. The van der Waals surface area contributed by atoms with E-state index in [0.717, 1.165) is 38.0 Å². The SMILES string of the molecule is CCC(CC)C(=O)N(CCCN(C)C)c1c(C)cccc1C. The fourth-order valence-corrected chi connectivity index (χ4v) is 2.97. The zero-order chi connectivity index (χ0) is 16.7. The largest absolute Gasteiger partial charge is 0.312 e. The van der Waals surface area contributed by atoms with Gasteiger partial charge in [0.2, 0.25) is 5.91 Å². The molecule has 1 rings (SSSR count). The summed E-state index contributed by atoms with van der Waals surface area (Å²) < 4.78 is 0. The Hall–Kier alpha value is -1.35. The number of benzene rings is 1. The highest BCUT2D eigenvalue weighted by atomic mass is 16.2. The molecule has 1 aromatic rings. The molecule has 0 saturated carbocycles. The number of hydrogen-bond donors (Lipinski definition) is 0. The van der Waals surface area contributed by atoms with Gasteiger partial charge < -0.3 is 9.80 Å². The Morgan fingerprint density at radius 3 is 2.05 bits per heavy atom. The molecule has 0 bridgehead atoms. The van der Waals surface area contributed by atoms with Crippen molar-refractivity contribution in [1.82, 2.24) is 4.90 Å². The van der Waals surface area contributed by atoms with Crippen molar-refractivity contribution >= 4 is 11.6 Å². The maximum absolute atomic E-state index is 13.0. The normalized spacial score (nSPS) is 11.3. The summed E-state index contributed by atoms with van der Waals surface area (Å²) in [6, 6.07) is 6.26. The van der Waals surface area contributed by atoms with Crippen molar-refractivity contribution in [3.8, 4) is 0 Å². The first kappa shape index (κ1) is 18.7. The molecule has 0 saturated heterocycles. The molecule has 0 aliphatic carbocycles. The van der Waals surface area contributed by atoms with E-state index in [9.17, 15) is 4.79 Å². The van der Waals surface area contributed by atoms with Gasteiger partial charge in [0, 0.05) is 18.2 Å². The molecule has 0 atom stereocenters. The van der Waals surface area contributed by atoms with Crippen LogP contribution in [0.2, 0.25) is 0 Å². The van der Waals surface area contributed by atoms with Crippen molar-refractivity contribution in [1.29, 1.82) is 0 Å². The van der Waals surface area contributed by atoms with Crippen LogP contribution < -0.4 is 4.90 Å². The summed E-state index contributed by atoms with van der Waals surface area (Å²) in [5.74, 6) is 0.402.